The SMILES string of the molecule is COC(C)CC(=O)NS(=O)(=O)c1ccc(NC(=O)COc2ccc(Cl)cc2C(=O)c2cc(C#N)cc(C(F)(F)F)c2)c(C)c1. The highest BCUT2D eigenvalue weighted by molar-refractivity contribution is 7.90. The Kier molecular flexibility index (Phi) is 10.7. The summed E-state index contributed by atoms with van der Waals surface area (Å²) >= 11 is 6.01. The maximum absolute atomic E-state index is 13.3. The summed E-state index contributed by atoms with van der Waals surface area (Å²) in [4.78, 5) is 37.6. The molecule has 1 unspecified atom stereocenters. The molecule has 15 heteroatoms. The van der Waals surface area contributed by atoms with E-state index in [9.17, 15) is 36.0 Å². The van der Waals surface area contributed by atoms with Crippen molar-refractivity contribution < 1.29 is 45.4 Å². The topological polar surface area (TPSA) is 152 Å². The van der Waals surface area contributed by atoms with E-state index < -0.39 is 57.6 Å². The van der Waals surface area contributed by atoms with Gasteiger partial charge in [0.25, 0.3) is 15.9 Å². The Hall–Kier alpha value is -4.45. The number of nitrogens with zero attached hydrogens (tertiary/aromatic N) is 1. The second-order valence-electron chi connectivity index (χ2n) is 9.47. The van der Waals surface area contributed by atoms with E-state index in [0.29, 0.717) is 17.7 Å². The van der Waals surface area contributed by atoms with E-state index in [1.807, 2.05) is 4.72 Å². The molecule has 1 atom stereocenters. The van der Waals surface area contributed by atoms with E-state index in [1.54, 1.807) is 13.0 Å². The van der Waals surface area contributed by atoms with Crippen LogP contribution in [0.1, 0.15) is 46.0 Å². The van der Waals surface area contributed by atoms with Crippen LogP contribution in [0.15, 0.2) is 59.5 Å². The van der Waals surface area contributed by atoms with E-state index >= 15 is 0 Å². The quantitative estimate of drug-likeness (QED) is 0.274. The molecule has 0 spiro atoms. The van der Waals surface area contributed by atoms with Crippen LogP contribution in [0.2, 0.25) is 5.02 Å². The lowest BCUT2D eigenvalue weighted by atomic mass is 9.98. The first kappa shape index (κ1) is 34.0. The predicted octanol–water partition coefficient (Wildman–Crippen LogP) is 5.02. The number of hydrogen-bond acceptors (Lipinski definition) is 8. The standard InChI is InChI=1S/C29H25ClF3N3O7S/c1-16-8-22(44(40,41)36-26(37)9-17(2)42-3)5-6-24(16)35-27(38)15-43-25-7-4-21(30)13-23(25)28(39)19-10-18(14-34)11-20(12-19)29(31,32)33/h4-8,10-13,17H,9,15H2,1-3H3,(H,35,38)(H,36,37). The van der Waals surface area contributed by atoms with Gasteiger partial charge in [0.05, 0.1) is 40.2 Å². The highest BCUT2D eigenvalue weighted by Gasteiger charge is 2.32. The molecular weight excluding hydrogens is 627 g/mol. The number of carbonyl (C=O) groups excluding carboxylic acids is 3. The largest absolute Gasteiger partial charge is 0.483 e. The number of amides is 2. The van der Waals surface area contributed by atoms with Gasteiger partial charge in [-0.1, -0.05) is 11.6 Å². The summed E-state index contributed by atoms with van der Waals surface area (Å²) in [6, 6.07) is 11.3. The smallest absolute Gasteiger partial charge is 0.416 e. The Balaban J connectivity index is 1.75. The van der Waals surface area contributed by atoms with Crippen LogP contribution >= 0.6 is 11.6 Å². The Bertz CT molecular complexity index is 1760. The van der Waals surface area contributed by atoms with Gasteiger partial charge in [-0.2, -0.15) is 18.4 Å². The van der Waals surface area contributed by atoms with Gasteiger partial charge in [-0.25, -0.2) is 13.1 Å². The van der Waals surface area contributed by atoms with Crippen LogP contribution in [0.3, 0.4) is 0 Å². The lowest BCUT2D eigenvalue weighted by Gasteiger charge is -2.14. The third-order valence-electron chi connectivity index (χ3n) is 6.10. The van der Waals surface area contributed by atoms with Crippen LogP contribution in [-0.4, -0.2) is 45.8 Å². The number of sulfonamides is 1. The van der Waals surface area contributed by atoms with Crippen molar-refractivity contribution in [1.29, 1.82) is 5.26 Å². The van der Waals surface area contributed by atoms with Gasteiger partial charge in [0.15, 0.2) is 12.4 Å². The minimum atomic E-state index is -4.81. The number of hydrogen-bond donors (Lipinski definition) is 2. The molecule has 2 amide bonds. The zero-order chi connectivity index (χ0) is 32.8. The molecule has 0 heterocycles. The Morgan fingerprint density at radius 2 is 1.75 bits per heavy atom. The number of rotatable bonds is 11. The van der Waals surface area contributed by atoms with Gasteiger partial charge in [0.1, 0.15) is 5.75 Å². The second kappa shape index (κ2) is 13.9. The van der Waals surface area contributed by atoms with Crippen LogP contribution in [-0.2, 0) is 30.5 Å². The summed E-state index contributed by atoms with van der Waals surface area (Å²) in [6.07, 6.45) is -5.49. The summed E-state index contributed by atoms with van der Waals surface area (Å²) in [7, 11) is -2.81. The van der Waals surface area contributed by atoms with Crippen molar-refractivity contribution in [3.05, 3.63) is 87.4 Å². The fourth-order valence-electron chi connectivity index (χ4n) is 3.82. The lowest BCUT2D eigenvalue weighted by Crippen LogP contribution is -2.32. The molecule has 44 heavy (non-hydrogen) atoms. The summed E-state index contributed by atoms with van der Waals surface area (Å²) in [6.45, 7) is 2.47. The normalized spacial score (nSPS) is 12.1. The molecule has 0 bridgehead atoms. The molecule has 3 rings (SSSR count). The molecule has 0 saturated heterocycles. The van der Waals surface area contributed by atoms with E-state index in [2.05, 4.69) is 5.32 Å². The molecule has 2 N–H and O–H groups in total. The van der Waals surface area contributed by atoms with E-state index in [1.165, 1.54) is 44.4 Å². The van der Waals surface area contributed by atoms with Gasteiger partial charge in [0.2, 0.25) is 5.91 Å². The summed E-state index contributed by atoms with van der Waals surface area (Å²) in [5, 5.41) is 11.7. The number of benzene rings is 3. The molecule has 3 aromatic rings. The van der Waals surface area contributed by atoms with Crippen LogP contribution in [0, 0.1) is 18.3 Å². The van der Waals surface area contributed by atoms with Gasteiger partial charge in [-0.15, -0.1) is 0 Å². The first-order chi connectivity index (χ1) is 20.5. The maximum Gasteiger partial charge on any atom is 0.416 e. The zero-order valence-corrected chi connectivity index (χ0v) is 25.0. The molecule has 0 aliphatic heterocycles. The Morgan fingerprint density at radius 3 is 2.36 bits per heavy atom. The summed E-state index contributed by atoms with van der Waals surface area (Å²) in [5.41, 5.74) is -1.72. The number of alkyl halides is 3. The predicted molar refractivity (Wildman–Crippen MR) is 153 cm³/mol. The molecule has 0 radical (unpaired) electrons. The lowest BCUT2D eigenvalue weighted by molar-refractivity contribution is -0.137. The number of nitriles is 1. The minimum Gasteiger partial charge on any atom is -0.483 e. The van der Waals surface area contributed by atoms with Gasteiger partial charge < -0.3 is 14.8 Å². The minimum absolute atomic E-state index is 0.0627. The number of carbonyl (C=O) groups is 3. The summed E-state index contributed by atoms with van der Waals surface area (Å²) in [5.74, 6) is -2.57. The van der Waals surface area contributed by atoms with Gasteiger partial charge >= 0.3 is 6.18 Å². The van der Waals surface area contributed by atoms with Crippen molar-refractivity contribution in [1.82, 2.24) is 4.72 Å². The van der Waals surface area contributed by atoms with Crippen molar-refractivity contribution in [3.63, 3.8) is 0 Å². The number of nitrogens with one attached hydrogen (secondary N) is 2. The van der Waals surface area contributed by atoms with E-state index in [4.69, 9.17) is 26.3 Å². The van der Waals surface area contributed by atoms with Crippen LogP contribution in [0.5, 0.6) is 5.75 Å². The van der Waals surface area contributed by atoms with Crippen LogP contribution in [0.4, 0.5) is 18.9 Å². The van der Waals surface area contributed by atoms with Crippen molar-refractivity contribution >= 4 is 44.9 Å². The fraction of sp³-hybridized carbons (Fsp3) is 0.241. The Labute approximate surface area is 255 Å². The molecule has 0 aromatic heterocycles. The number of halogens is 4. The van der Waals surface area contributed by atoms with Crippen LogP contribution in [0.25, 0.3) is 0 Å². The van der Waals surface area contributed by atoms with Gasteiger partial charge in [-0.05, 0) is 74.0 Å². The third-order valence-corrected chi connectivity index (χ3v) is 7.71. The van der Waals surface area contributed by atoms with Crippen LogP contribution < -0.4 is 14.8 Å². The maximum atomic E-state index is 13.3. The molecule has 232 valence electrons. The molecular formula is C29H25ClF3N3O7S. The average molecular weight is 652 g/mol. The van der Waals surface area contributed by atoms with E-state index in [0.717, 1.165) is 12.1 Å². The first-order valence-electron chi connectivity index (χ1n) is 12.6. The Morgan fingerprint density at radius 1 is 1.05 bits per heavy atom. The van der Waals surface area contributed by atoms with Crippen molar-refractivity contribution in [3.8, 4) is 11.8 Å². The van der Waals surface area contributed by atoms with Crippen molar-refractivity contribution in [2.45, 2.75) is 37.4 Å². The first-order valence-corrected chi connectivity index (χ1v) is 14.5. The second-order valence-corrected chi connectivity index (χ2v) is 11.6. The number of ketones is 1. The highest BCUT2D eigenvalue weighted by atomic mass is 35.5. The number of ether oxygens (including phenoxy) is 2. The highest BCUT2D eigenvalue weighted by Crippen LogP contribution is 2.32. The molecule has 0 fully saturated rings. The molecule has 3 aromatic carbocycles. The third kappa shape index (κ3) is 8.79. The molecule has 0 aliphatic carbocycles. The fourth-order valence-corrected chi connectivity index (χ4v) is 5.07. The van der Waals surface area contributed by atoms with Crippen molar-refractivity contribution in [2.24, 2.45) is 0 Å². The molecule has 0 saturated carbocycles. The van der Waals surface area contributed by atoms with Crippen molar-refractivity contribution in [2.75, 3.05) is 19.0 Å². The molecule has 10 nitrogen and oxygen atoms in total. The van der Waals surface area contributed by atoms with Gasteiger partial charge in [0, 0.05) is 23.4 Å². The van der Waals surface area contributed by atoms with E-state index in [-0.39, 0.29) is 38.9 Å². The zero-order valence-electron chi connectivity index (χ0n) is 23.4. The summed E-state index contributed by atoms with van der Waals surface area (Å²) < 4.78 is 77.6. The number of anilines is 1. The monoisotopic (exact) mass is 651 g/mol. The number of aryl methyl sites for hydroxylation is 1. The molecule has 0 aliphatic rings. The van der Waals surface area contributed by atoms with Gasteiger partial charge in [-0.3, -0.25) is 14.4 Å². The average Bonchev–Trinajstić information content (AvgIpc) is 2.95. The number of methoxy groups -OCH3 is 1.